The van der Waals surface area contributed by atoms with E-state index in [4.69, 9.17) is 5.11 Å². The third-order valence-corrected chi connectivity index (χ3v) is 5.42. The summed E-state index contributed by atoms with van der Waals surface area (Å²) in [6, 6.07) is 0. The molecule has 2 rings (SSSR count). The Hall–Kier alpha value is -0.750. The highest BCUT2D eigenvalue weighted by molar-refractivity contribution is 8.00. The molecule has 2 aliphatic rings. The van der Waals surface area contributed by atoms with Crippen LogP contribution in [0.2, 0.25) is 0 Å². The summed E-state index contributed by atoms with van der Waals surface area (Å²) < 4.78 is 0. The zero-order chi connectivity index (χ0) is 14.4. The molecule has 0 bridgehead atoms. The normalized spacial score (nSPS) is 24.6. The number of carbonyl (C=O) groups is 2. The molecule has 0 aromatic carbocycles. The number of carbonyl (C=O) groups excluding carboxylic acids is 1. The minimum absolute atomic E-state index is 0.133. The number of likely N-dealkylation sites (tertiary alicyclic amines) is 1. The lowest BCUT2D eigenvalue weighted by molar-refractivity contribution is -0.140. The predicted molar refractivity (Wildman–Crippen MR) is 79.9 cm³/mol. The fraction of sp³-hybridized carbons (Fsp3) is 0.857. The van der Waals surface area contributed by atoms with Crippen molar-refractivity contribution in [2.45, 2.75) is 37.4 Å². The highest BCUT2D eigenvalue weighted by Crippen LogP contribution is 2.23. The van der Waals surface area contributed by atoms with Crippen molar-refractivity contribution in [1.29, 1.82) is 0 Å². The standard InChI is InChI=1S/C14H24N2O3S/c17-13(10-20-12-3-5-15-6-4-12)16-7-1-2-11(9-16)8-14(18)19/h11-12,15H,1-10H2,(H,18,19). The summed E-state index contributed by atoms with van der Waals surface area (Å²) in [6.07, 6.45) is 4.32. The second kappa shape index (κ2) is 7.88. The van der Waals surface area contributed by atoms with Crippen LogP contribution in [0.15, 0.2) is 0 Å². The number of thioether (sulfide) groups is 1. The minimum Gasteiger partial charge on any atom is -0.481 e. The number of hydrogen-bond acceptors (Lipinski definition) is 4. The Kier molecular flexibility index (Phi) is 6.16. The van der Waals surface area contributed by atoms with E-state index in [9.17, 15) is 9.59 Å². The molecular formula is C14H24N2O3S. The van der Waals surface area contributed by atoms with Gasteiger partial charge in [-0.15, -0.1) is 11.8 Å². The van der Waals surface area contributed by atoms with Crippen LogP contribution in [0.1, 0.15) is 32.1 Å². The molecule has 1 atom stereocenters. The van der Waals surface area contributed by atoms with Crippen LogP contribution in [0.25, 0.3) is 0 Å². The molecule has 1 amide bonds. The number of amides is 1. The zero-order valence-corrected chi connectivity index (χ0v) is 12.7. The quantitative estimate of drug-likeness (QED) is 0.798. The van der Waals surface area contributed by atoms with Crippen LogP contribution in [0.5, 0.6) is 0 Å². The average Bonchev–Trinajstić information content (AvgIpc) is 2.45. The minimum atomic E-state index is -0.756. The Morgan fingerprint density at radius 3 is 2.70 bits per heavy atom. The van der Waals surface area contributed by atoms with Crippen molar-refractivity contribution in [2.24, 2.45) is 5.92 Å². The SMILES string of the molecule is O=C(O)CC1CCCN(C(=O)CSC2CCNCC2)C1. The molecular weight excluding hydrogens is 276 g/mol. The van der Waals surface area contributed by atoms with Gasteiger partial charge in [0.15, 0.2) is 0 Å². The lowest BCUT2D eigenvalue weighted by Gasteiger charge is -2.32. The van der Waals surface area contributed by atoms with Gasteiger partial charge in [-0.3, -0.25) is 9.59 Å². The number of hydrogen-bond donors (Lipinski definition) is 2. The summed E-state index contributed by atoms with van der Waals surface area (Å²) >= 11 is 1.77. The topological polar surface area (TPSA) is 69.6 Å². The molecule has 114 valence electrons. The smallest absolute Gasteiger partial charge is 0.303 e. The number of piperidine rings is 2. The fourth-order valence-electron chi connectivity index (χ4n) is 2.95. The molecule has 1 unspecified atom stereocenters. The van der Waals surface area contributed by atoms with Gasteiger partial charge >= 0.3 is 5.97 Å². The second-order valence-corrected chi connectivity index (χ2v) is 6.99. The Morgan fingerprint density at radius 1 is 1.25 bits per heavy atom. The molecule has 20 heavy (non-hydrogen) atoms. The number of nitrogens with zero attached hydrogens (tertiary/aromatic N) is 1. The van der Waals surface area contributed by atoms with Gasteiger partial charge < -0.3 is 15.3 Å². The van der Waals surface area contributed by atoms with E-state index in [1.807, 2.05) is 4.90 Å². The molecule has 0 aliphatic carbocycles. The number of carboxylic acids is 1. The molecule has 2 aliphatic heterocycles. The van der Waals surface area contributed by atoms with Crippen molar-refractivity contribution in [3.05, 3.63) is 0 Å². The maximum Gasteiger partial charge on any atom is 0.303 e. The summed E-state index contributed by atoms with van der Waals surface area (Å²) in [5.74, 6) is 0.107. The Labute approximate surface area is 124 Å². The van der Waals surface area contributed by atoms with Gasteiger partial charge in [-0.25, -0.2) is 0 Å². The van der Waals surface area contributed by atoms with Crippen LogP contribution >= 0.6 is 11.8 Å². The first-order chi connectivity index (χ1) is 9.65. The highest BCUT2D eigenvalue weighted by atomic mass is 32.2. The van der Waals surface area contributed by atoms with Gasteiger partial charge in [0, 0.05) is 24.8 Å². The van der Waals surface area contributed by atoms with Crippen molar-refractivity contribution in [1.82, 2.24) is 10.2 Å². The predicted octanol–water partition coefficient (Wildman–Crippen LogP) is 1.18. The van der Waals surface area contributed by atoms with E-state index < -0.39 is 5.97 Å². The van der Waals surface area contributed by atoms with E-state index in [0.717, 1.165) is 45.3 Å². The Balaban J connectivity index is 1.72. The molecule has 0 aromatic heterocycles. The molecule has 6 heteroatoms. The first-order valence-corrected chi connectivity index (χ1v) is 8.52. The molecule has 0 saturated carbocycles. The molecule has 2 fully saturated rings. The first-order valence-electron chi connectivity index (χ1n) is 7.47. The average molecular weight is 300 g/mol. The van der Waals surface area contributed by atoms with Gasteiger partial charge in [-0.2, -0.15) is 0 Å². The molecule has 2 saturated heterocycles. The fourth-order valence-corrected chi connectivity index (χ4v) is 4.08. The zero-order valence-electron chi connectivity index (χ0n) is 11.8. The molecule has 2 heterocycles. The number of aliphatic carboxylic acids is 1. The molecule has 0 radical (unpaired) electrons. The van der Waals surface area contributed by atoms with Crippen LogP contribution in [0.4, 0.5) is 0 Å². The molecule has 5 nitrogen and oxygen atoms in total. The molecule has 0 spiro atoms. The lowest BCUT2D eigenvalue weighted by atomic mass is 9.95. The Bertz CT molecular complexity index is 345. The first kappa shape index (κ1) is 15.6. The maximum atomic E-state index is 12.2. The summed E-state index contributed by atoms with van der Waals surface area (Å²) in [4.78, 5) is 24.8. The van der Waals surface area contributed by atoms with Gasteiger partial charge in [0.1, 0.15) is 0 Å². The highest BCUT2D eigenvalue weighted by Gasteiger charge is 2.25. The van der Waals surface area contributed by atoms with Crippen LogP contribution in [0, 0.1) is 5.92 Å². The lowest BCUT2D eigenvalue weighted by Crippen LogP contribution is -2.41. The van der Waals surface area contributed by atoms with E-state index in [-0.39, 0.29) is 18.2 Å². The van der Waals surface area contributed by atoms with Crippen molar-refractivity contribution in [2.75, 3.05) is 31.9 Å². The summed E-state index contributed by atoms with van der Waals surface area (Å²) in [6.45, 7) is 3.52. The van der Waals surface area contributed by atoms with Gasteiger partial charge in [0.05, 0.1) is 5.75 Å². The second-order valence-electron chi connectivity index (χ2n) is 5.71. The van der Waals surface area contributed by atoms with Gasteiger partial charge in [-0.05, 0) is 44.7 Å². The number of rotatable bonds is 5. The van der Waals surface area contributed by atoms with Crippen LogP contribution < -0.4 is 5.32 Å². The van der Waals surface area contributed by atoms with E-state index in [2.05, 4.69) is 5.32 Å². The summed E-state index contributed by atoms with van der Waals surface area (Å²) in [5.41, 5.74) is 0. The van der Waals surface area contributed by atoms with Crippen molar-refractivity contribution in [3.8, 4) is 0 Å². The van der Waals surface area contributed by atoms with Crippen molar-refractivity contribution in [3.63, 3.8) is 0 Å². The maximum absolute atomic E-state index is 12.2. The summed E-state index contributed by atoms with van der Waals surface area (Å²) in [7, 11) is 0. The van der Waals surface area contributed by atoms with Crippen LogP contribution in [0.3, 0.4) is 0 Å². The monoisotopic (exact) mass is 300 g/mol. The molecule has 0 aromatic rings. The van der Waals surface area contributed by atoms with Crippen molar-refractivity contribution >= 4 is 23.6 Å². The third-order valence-electron chi connectivity index (χ3n) is 4.06. The van der Waals surface area contributed by atoms with Crippen molar-refractivity contribution < 1.29 is 14.7 Å². The third kappa shape index (κ3) is 4.98. The largest absolute Gasteiger partial charge is 0.481 e. The van der Waals surface area contributed by atoms with Gasteiger partial charge in [-0.1, -0.05) is 0 Å². The van der Waals surface area contributed by atoms with E-state index >= 15 is 0 Å². The Morgan fingerprint density at radius 2 is 2.00 bits per heavy atom. The van der Waals surface area contributed by atoms with Gasteiger partial charge in [0.25, 0.3) is 0 Å². The van der Waals surface area contributed by atoms with Crippen LogP contribution in [-0.2, 0) is 9.59 Å². The summed E-state index contributed by atoms with van der Waals surface area (Å²) in [5, 5.41) is 12.8. The number of carboxylic acid groups (broad SMARTS) is 1. The van der Waals surface area contributed by atoms with E-state index in [1.165, 1.54) is 0 Å². The van der Waals surface area contributed by atoms with Gasteiger partial charge in [0.2, 0.25) is 5.91 Å². The van der Waals surface area contributed by atoms with E-state index in [0.29, 0.717) is 17.5 Å². The number of nitrogens with one attached hydrogen (secondary N) is 1. The van der Waals surface area contributed by atoms with Crippen LogP contribution in [-0.4, -0.2) is 59.1 Å². The van der Waals surface area contributed by atoms with E-state index in [1.54, 1.807) is 11.8 Å². The molecule has 2 N–H and O–H groups in total.